The Balaban J connectivity index is 1.92. The number of halogens is 2. The minimum atomic E-state index is -2.01. The molecule has 0 radical (unpaired) electrons. The lowest BCUT2D eigenvalue weighted by Crippen LogP contribution is -2.33. The zero-order valence-corrected chi connectivity index (χ0v) is 14.6. The third-order valence-corrected chi connectivity index (χ3v) is 4.07. The van der Waals surface area contributed by atoms with Crippen LogP contribution in [0.4, 0.5) is 5.69 Å². The van der Waals surface area contributed by atoms with Crippen molar-refractivity contribution >= 4 is 34.8 Å². The second-order valence-electron chi connectivity index (χ2n) is 4.98. The largest absolute Gasteiger partial charge is 0.495 e. The van der Waals surface area contributed by atoms with Crippen molar-refractivity contribution in [2.45, 2.75) is 4.33 Å². The van der Waals surface area contributed by atoms with E-state index in [1.807, 2.05) is 6.07 Å². The lowest BCUT2D eigenvalue weighted by molar-refractivity contribution is -0.117. The Morgan fingerprint density at radius 1 is 1.12 bits per heavy atom. The van der Waals surface area contributed by atoms with Crippen LogP contribution in [0.3, 0.4) is 0 Å². The molecule has 0 unspecified atom stereocenters. The highest BCUT2D eigenvalue weighted by Gasteiger charge is 2.42. The first-order valence-electron chi connectivity index (χ1n) is 7.20. The fourth-order valence-electron chi connectivity index (χ4n) is 2.18. The highest BCUT2D eigenvalue weighted by molar-refractivity contribution is 6.58. The number of carbonyl (C=O) groups is 1. The molecule has 0 spiro atoms. The molecule has 9 heteroatoms. The number of nitrogens with one attached hydrogen (secondary N) is 1. The molecule has 0 atom stereocenters. The van der Waals surface area contributed by atoms with Crippen molar-refractivity contribution in [3.63, 3.8) is 0 Å². The Bertz CT molecular complexity index is 883. The van der Waals surface area contributed by atoms with Crippen molar-refractivity contribution in [2.75, 3.05) is 12.4 Å². The van der Waals surface area contributed by atoms with Gasteiger partial charge in [0.2, 0.25) is 5.82 Å². The van der Waals surface area contributed by atoms with Gasteiger partial charge in [0.25, 0.3) is 10.2 Å². The number of anilines is 1. The van der Waals surface area contributed by atoms with Crippen molar-refractivity contribution < 1.29 is 9.53 Å². The lowest BCUT2D eigenvalue weighted by Gasteiger charge is -2.19. The maximum absolute atomic E-state index is 12.6. The van der Waals surface area contributed by atoms with Gasteiger partial charge >= 0.3 is 0 Å². The van der Waals surface area contributed by atoms with Gasteiger partial charge in [0.1, 0.15) is 5.75 Å². The number of nitrogens with zero attached hydrogens (tertiary/aromatic N) is 4. The zero-order valence-electron chi connectivity index (χ0n) is 13.1. The maximum atomic E-state index is 12.6. The van der Waals surface area contributed by atoms with E-state index >= 15 is 0 Å². The van der Waals surface area contributed by atoms with E-state index in [9.17, 15) is 4.79 Å². The molecule has 128 valence electrons. The number of para-hydroxylation sites is 3. The van der Waals surface area contributed by atoms with Gasteiger partial charge < -0.3 is 10.1 Å². The molecule has 1 aromatic heterocycles. The predicted molar refractivity (Wildman–Crippen MR) is 94.2 cm³/mol. The van der Waals surface area contributed by atoms with Gasteiger partial charge in [-0.3, -0.25) is 4.79 Å². The van der Waals surface area contributed by atoms with Gasteiger partial charge in [-0.1, -0.05) is 53.5 Å². The highest BCUT2D eigenvalue weighted by Crippen LogP contribution is 2.35. The average Bonchev–Trinajstić information content (AvgIpc) is 3.13. The van der Waals surface area contributed by atoms with Crippen LogP contribution < -0.4 is 10.1 Å². The fourth-order valence-corrected chi connectivity index (χ4v) is 2.51. The van der Waals surface area contributed by atoms with Gasteiger partial charge in [-0.15, -0.1) is 5.10 Å². The van der Waals surface area contributed by atoms with E-state index in [1.165, 1.54) is 11.8 Å². The first kappa shape index (κ1) is 17.2. The molecule has 7 nitrogen and oxygen atoms in total. The summed E-state index contributed by atoms with van der Waals surface area (Å²) in [6, 6.07) is 15.9. The van der Waals surface area contributed by atoms with Crippen LogP contribution in [0.5, 0.6) is 5.75 Å². The lowest BCUT2D eigenvalue weighted by atomic mass is 10.2. The minimum Gasteiger partial charge on any atom is -0.495 e. The van der Waals surface area contributed by atoms with Gasteiger partial charge in [0, 0.05) is 0 Å². The number of hydrogen-bond donors (Lipinski definition) is 1. The van der Waals surface area contributed by atoms with E-state index in [2.05, 4.69) is 20.8 Å². The molecule has 1 heterocycles. The molecule has 1 amide bonds. The van der Waals surface area contributed by atoms with Crippen LogP contribution in [0.1, 0.15) is 5.82 Å². The topological polar surface area (TPSA) is 81.9 Å². The number of amides is 1. The maximum Gasteiger partial charge on any atom is 0.269 e. The molecule has 0 aliphatic carbocycles. The van der Waals surface area contributed by atoms with E-state index in [4.69, 9.17) is 27.9 Å². The number of ether oxygens (including phenoxy) is 1. The van der Waals surface area contributed by atoms with E-state index in [1.54, 1.807) is 48.5 Å². The van der Waals surface area contributed by atoms with E-state index in [-0.39, 0.29) is 5.82 Å². The molecule has 1 N–H and O–H groups in total. The summed E-state index contributed by atoms with van der Waals surface area (Å²) in [5.74, 6) is -0.246. The molecule has 3 aromatic rings. The van der Waals surface area contributed by atoms with Gasteiger partial charge in [0.15, 0.2) is 0 Å². The summed E-state index contributed by atoms with van der Waals surface area (Å²) in [7, 11) is 1.50. The van der Waals surface area contributed by atoms with Crippen LogP contribution in [0.15, 0.2) is 54.6 Å². The second-order valence-corrected chi connectivity index (χ2v) is 6.31. The van der Waals surface area contributed by atoms with Crippen molar-refractivity contribution in [3.05, 3.63) is 60.4 Å². The number of rotatable bonds is 5. The standard InChI is InChI=1S/C16H13Cl2N5O2/c1-25-13-10-6-5-9-12(13)19-15(24)16(17,18)14-20-21-22-23(14)11-7-3-2-4-8-11/h2-10H,1H3,(H,19,24). The molecule has 0 fully saturated rings. The minimum absolute atomic E-state index is 0.0190. The monoisotopic (exact) mass is 377 g/mol. The average molecular weight is 378 g/mol. The Morgan fingerprint density at radius 2 is 1.80 bits per heavy atom. The molecule has 0 saturated heterocycles. The quantitative estimate of drug-likeness (QED) is 0.691. The summed E-state index contributed by atoms with van der Waals surface area (Å²) >= 11 is 12.6. The van der Waals surface area contributed by atoms with E-state index in [0.29, 0.717) is 17.1 Å². The second kappa shape index (κ2) is 7.08. The third kappa shape index (κ3) is 3.42. The Hall–Kier alpha value is -2.64. The van der Waals surface area contributed by atoms with Crippen molar-refractivity contribution in [3.8, 4) is 11.4 Å². The fraction of sp³-hybridized carbons (Fsp3) is 0.125. The summed E-state index contributed by atoms with van der Waals surface area (Å²) in [5.41, 5.74) is 1.05. The van der Waals surface area contributed by atoms with Gasteiger partial charge in [-0.05, 0) is 34.7 Å². The smallest absolute Gasteiger partial charge is 0.269 e. The van der Waals surface area contributed by atoms with Crippen LogP contribution in [0.25, 0.3) is 5.69 Å². The normalized spacial score (nSPS) is 11.2. The summed E-state index contributed by atoms with van der Waals surface area (Å²) in [4.78, 5) is 12.6. The molecular formula is C16H13Cl2N5O2. The van der Waals surface area contributed by atoms with Crippen molar-refractivity contribution in [2.24, 2.45) is 0 Å². The Kier molecular flexibility index (Phi) is 4.87. The van der Waals surface area contributed by atoms with Gasteiger partial charge in [-0.25, -0.2) is 0 Å². The first-order chi connectivity index (χ1) is 12.0. The molecule has 25 heavy (non-hydrogen) atoms. The molecule has 2 aromatic carbocycles. The van der Waals surface area contributed by atoms with Crippen LogP contribution in [0.2, 0.25) is 0 Å². The van der Waals surface area contributed by atoms with E-state index < -0.39 is 10.2 Å². The first-order valence-corrected chi connectivity index (χ1v) is 7.96. The predicted octanol–water partition coefficient (Wildman–Crippen LogP) is 2.94. The van der Waals surface area contributed by atoms with Crippen LogP contribution in [-0.4, -0.2) is 33.2 Å². The summed E-state index contributed by atoms with van der Waals surface area (Å²) < 4.78 is 4.49. The van der Waals surface area contributed by atoms with Gasteiger partial charge in [0.05, 0.1) is 18.5 Å². The number of tetrazole rings is 1. The van der Waals surface area contributed by atoms with E-state index in [0.717, 1.165) is 0 Å². The van der Waals surface area contributed by atoms with Crippen LogP contribution >= 0.6 is 23.2 Å². The number of hydrogen-bond acceptors (Lipinski definition) is 5. The Morgan fingerprint density at radius 3 is 2.52 bits per heavy atom. The molecule has 0 aliphatic heterocycles. The molecule has 3 rings (SSSR count). The molecule has 0 bridgehead atoms. The number of benzene rings is 2. The van der Waals surface area contributed by atoms with Crippen LogP contribution in [0, 0.1) is 0 Å². The van der Waals surface area contributed by atoms with Crippen molar-refractivity contribution in [1.29, 1.82) is 0 Å². The highest BCUT2D eigenvalue weighted by atomic mass is 35.5. The number of methoxy groups -OCH3 is 1. The zero-order chi connectivity index (χ0) is 17.9. The number of carbonyl (C=O) groups excluding carboxylic acids is 1. The molecule has 0 saturated carbocycles. The van der Waals surface area contributed by atoms with Crippen LogP contribution in [-0.2, 0) is 9.13 Å². The number of aromatic nitrogens is 4. The summed E-state index contributed by atoms with van der Waals surface area (Å²) in [5, 5.41) is 13.9. The molecular weight excluding hydrogens is 365 g/mol. The SMILES string of the molecule is COc1ccccc1NC(=O)C(Cl)(Cl)c1nnnn1-c1ccccc1. The van der Waals surface area contributed by atoms with Gasteiger partial charge in [-0.2, -0.15) is 4.68 Å². The summed E-state index contributed by atoms with van der Waals surface area (Å²) in [6.07, 6.45) is 0. The third-order valence-electron chi connectivity index (χ3n) is 3.39. The Labute approximate surface area is 153 Å². The van der Waals surface area contributed by atoms with Crippen molar-refractivity contribution in [1.82, 2.24) is 20.2 Å². The number of alkyl halides is 2. The summed E-state index contributed by atoms with van der Waals surface area (Å²) in [6.45, 7) is 0. The molecule has 0 aliphatic rings.